The van der Waals surface area contributed by atoms with Crippen LogP contribution in [-0.4, -0.2) is 47.2 Å². The molecule has 3 saturated heterocycles. The number of ketones is 1. The maximum atomic E-state index is 13.0. The Labute approximate surface area is 158 Å². The van der Waals surface area contributed by atoms with E-state index in [9.17, 15) is 9.59 Å². The van der Waals surface area contributed by atoms with Crippen molar-refractivity contribution in [2.75, 3.05) is 19.6 Å². The summed E-state index contributed by atoms with van der Waals surface area (Å²) in [6.07, 6.45) is 2.27. The molecule has 136 valence electrons. The van der Waals surface area contributed by atoms with Crippen molar-refractivity contribution >= 4 is 23.0 Å². The van der Waals surface area contributed by atoms with Gasteiger partial charge in [0.05, 0.1) is 9.75 Å². The van der Waals surface area contributed by atoms with Gasteiger partial charge in [-0.25, -0.2) is 0 Å². The van der Waals surface area contributed by atoms with Crippen LogP contribution in [0.15, 0.2) is 42.5 Å². The Morgan fingerprint density at radius 1 is 1.00 bits per heavy atom. The Kier molecular flexibility index (Phi) is 4.92. The van der Waals surface area contributed by atoms with Crippen molar-refractivity contribution in [2.45, 2.75) is 32.4 Å². The highest BCUT2D eigenvalue weighted by Gasteiger charge is 2.37. The fraction of sp³-hybridized carbons (Fsp3) is 0.429. The van der Waals surface area contributed by atoms with Gasteiger partial charge in [0.25, 0.3) is 5.91 Å². The third-order valence-corrected chi connectivity index (χ3v) is 6.64. The van der Waals surface area contributed by atoms with Crippen molar-refractivity contribution in [1.29, 1.82) is 0 Å². The lowest BCUT2D eigenvalue weighted by Crippen LogP contribution is -2.47. The van der Waals surface area contributed by atoms with E-state index in [4.69, 9.17) is 0 Å². The second kappa shape index (κ2) is 7.33. The maximum Gasteiger partial charge on any atom is 0.264 e. The molecule has 0 saturated carbocycles. The molecule has 4 heterocycles. The van der Waals surface area contributed by atoms with Gasteiger partial charge in [-0.3, -0.25) is 14.5 Å². The molecule has 26 heavy (non-hydrogen) atoms. The van der Waals surface area contributed by atoms with Crippen LogP contribution in [0, 0.1) is 5.92 Å². The normalized spacial score (nSPS) is 23.0. The lowest BCUT2D eigenvalue weighted by atomic mass is 9.95. The summed E-state index contributed by atoms with van der Waals surface area (Å²) in [5.74, 6) is 0.660. The molecule has 0 N–H and O–H groups in total. The van der Waals surface area contributed by atoms with Gasteiger partial charge < -0.3 is 4.90 Å². The number of benzene rings is 1. The van der Waals surface area contributed by atoms with Crippen molar-refractivity contribution in [3.63, 3.8) is 0 Å². The minimum Gasteiger partial charge on any atom is -0.333 e. The monoisotopic (exact) mass is 368 g/mol. The van der Waals surface area contributed by atoms with Gasteiger partial charge in [-0.2, -0.15) is 0 Å². The summed E-state index contributed by atoms with van der Waals surface area (Å²) < 4.78 is 0. The van der Waals surface area contributed by atoms with E-state index in [1.165, 1.54) is 23.3 Å². The minimum absolute atomic E-state index is 0.0282. The van der Waals surface area contributed by atoms with E-state index < -0.39 is 0 Å². The molecular formula is C21H24N2O2S. The zero-order valence-corrected chi connectivity index (χ0v) is 15.9. The second-order valence-corrected chi connectivity index (χ2v) is 8.54. The highest BCUT2D eigenvalue weighted by atomic mass is 32.1. The second-order valence-electron chi connectivity index (χ2n) is 7.45. The summed E-state index contributed by atoms with van der Waals surface area (Å²) in [5, 5.41) is 0. The van der Waals surface area contributed by atoms with Gasteiger partial charge >= 0.3 is 0 Å². The topological polar surface area (TPSA) is 40.6 Å². The molecule has 2 aromatic rings. The van der Waals surface area contributed by atoms with E-state index in [0.29, 0.717) is 15.7 Å². The molecule has 2 atom stereocenters. The van der Waals surface area contributed by atoms with E-state index in [0.717, 1.165) is 32.6 Å². The van der Waals surface area contributed by atoms with Gasteiger partial charge in [-0.05, 0) is 43.4 Å². The van der Waals surface area contributed by atoms with Crippen LogP contribution in [0.25, 0.3) is 0 Å². The summed E-state index contributed by atoms with van der Waals surface area (Å²) in [6.45, 7) is 5.32. The number of Topliss-reactive ketones (excluding diaryl/α,β-unsaturated/α-hetero) is 1. The summed E-state index contributed by atoms with van der Waals surface area (Å²) in [4.78, 5) is 30.5. The molecular weight excluding hydrogens is 344 g/mol. The van der Waals surface area contributed by atoms with Crippen molar-refractivity contribution in [3.8, 4) is 0 Å². The zero-order valence-electron chi connectivity index (χ0n) is 15.1. The van der Waals surface area contributed by atoms with Gasteiger partial charge in [-0.1, -0.05) is 30.3 Å². The number of hydrogen-bond acceptors (Lipinski definition) is 4. The molecule has 4 nitrogen and oxygen atoms in total. The standard InChI is InChI=1S/C21H24N2O2S/c1-15(24)19-9-10-20(26-19)21(25)23-13-17-7-8-18(23)14-22(12-17)11-16-5-3-2-4-6-16/h2-6,9-10,17-18H,7-8,11-14H2,1H3/t17-,18+/m1/s1. The largest absolute Gasteiger partial charge is 0.333 e. The van der Waals surface area contributed by atoms with E-state index in [1.807, 2.05) is 12.1 Å². The average Bonchev–Trinajstić information content (AvgIpc) is 2.98. The summed E-state index contributed by atoms with van der Waals surface area (Å²) >= 11 is 1.33. The van der Waals surface area contributed by atoms with Crippen molar-refractivity contribution in [3.05, 3.63) is 57.8 Å². The Hall–Kier alpha value is -1.98. The van der Waals surface area contributed by atoms with E-state index in [1.54, 1.807) is 13.0 Å². The van der Waals surface area contributed by atoms with Crippen LogP contribution in [0.4, 0.5) is 0 Å². The predicted octanol–water partition coefficient (Wildman–Crippen LogP) is 3.69. The lowest BCUT2D eigenvalue weighted by molar-refractivity contribution is 0.0590. The molecule has 0 radical (unpaired) electrons. The number of hydrogen-bond donors (Lipinski definition) is 0. The summed E-state index contributed by atoms with van der Waals surface area (Å²) in [7, 11) is 0. The van der Waals surface area contributed by atoms with Crippen LogP contribution in [0.1, 0.15) is 44.7 Å². The van der Waals surface area contributed by atoms with Crippen LogP contribution in [-0.2, 0) is 6.54 Å². The molecule has 3 fully saturated rings. The van der Waals surface area contributed by atoms with Crippen LogP contribution >= 0.6 is 11.3 Å². The van der Waals surface area contributed by atoms with Crippen molar-refractivity contribution in [2.24, 2.45) is 5.92 Å². The number of rotatable bonds is 4. The van der Waals surface area contributed by atoms with Gasteiger partial charge in [0.2, 0.25) is 0 Å². The molecule has 0 aliphatic carbocycles. The van der Waals surface area contributed by atoms with Gasteiger partial charge in [0.15, 0.2) is 5.78 Å². The zero-order chi connectivity index (χ0) is 18.1. The number of thiophene rings is 1. The number of carbonyl (C=O) groups is 2. The Balaban J connectivity index is 1.49. The fourth-order valence-electron chi connectivity index (χ4n) is 4.18. The summed E-state index contributed by atoms with van der Waals surface area (Å²) in [5.41, 5.74) is 1.33. The Morgan fingerprint density at radius 3 is 2.50 bits per heavy atom. The maximum absolute atomic E-state index is 13.0. The average molecular weight is 369 g/mol. The Morgan fingerprint density at radius 2 is 1.77 bits per heavy atom. The summed E-state index contributed by atoms with van der Waals surface area (Å²) in [6, 6.07) is 14.4. The molecule has 5 rings (SSSR count). The molecule has 3 aliphatic heterocycles. The number of piperidine rings is 1. The number of carbonyl (C=O) groups excluding carboxylic acids is 2. The first-order valence-electron chi connectivity index (χ1n) is 9.28. The SMILES string of the molecule is CC(=O)c1ccc(C(=O)N2C[C@@H]3CC[C@H]2CN(Cc2ccccc2)C3)s1. The van der Waals surface area contributed by atoms with Crippen molar-refractivity contribution < 1.29 is 9.59 Å². The molecule has 3 aliphatic rings. The molecule has 0 spiro atoms. The first kappa shape index (κ1) is 17.4. The smallest absolute Gasteiger partial charge is 0.264 e. The quantitative estimate of drug-likeness (QED) is 0.773. The third-order valence-electron chi connectivity index (χ3n) is 5.46. The minimum atomic E-state index is 0.0282. The van der Waals surface area contributed by atoms with Crippen LogP contribution in [0.2, 0.25) is 0 Å². The van der Waals surface area contributed by atoms with Gasteiger partial charge in [0, 0.05) is 32.2 Å². The van der Waals surface area contributed by atoms with Crippen LogP contribution in [0.5, 0.6) is 0 Å². The number of amides is 1. The van der Waals surface area contributed by atoms with Crippen LogP contribution < -0.4 is 0 Å². The van der Waals surface area contributed by atoms with E-state index in [-0.39, 0.29) is 17.7 Å². The predicted molar refractivity (Wildman–Crippen MR) is 104 cm³/mol. The fourth-order valence-corrected chi connectivity index (χ4v) is 5.04. The molecule has 1 aromatic heterocycles. The molecule has 1 aromatic carbocycles. The first-order chi connectivity index (χ1) is 12.6. The molecule has 5 heteroatoms. The first-order valence-corrected chi connectivity index (χ1v) is 10.1. The van der Waals surface area contributed by atoms with Crippen molar-refractivity contribution in [1.82, 2.24) is 9.80 Å². The lowest BCUT2D eigenvalue weighted by Gasteiger charge is -2.36. The molecule has 1 amide bonds. The molecule has 0 unspecified atom stereocenters. The highest BCUT2D eigenvalue weighted by Crippen LogP contribution is 2.31. The third kappa shape index (κ3) is 3.60. The van der Waals surface area contributed by atoms with Crippen LogP contribution in [0.3, 0.4) is 0 Å². The number of fused-ring (bicyclic) bond motifs is 4. The molecule has 2 bridgehead atoms. The number of nitrogens with zero attached hydrogens (tertiary/aromatic N) is 2. The van der Waals surface area contributed by atoms with E-state index in [2.05, 4.69) is 34.1 Å². The van der Waals surface area contributed by atoms with E-state index >= 15 is 0 Å². The Bertz CT molecular complexity index is 801. The van der Waals surface area contributed by atoms with Gasteiger partial charge in [-0.15, -0.1) is 11.3 Å². The van der Waals surface area contributed by atoms with Gasteiger partial charge in [0.1, 0.15) is 0 Å². The highest BCUT2D eigenvalue weighted by molar-refractivity contribution is 7.15.